The highest BCUT2D eigenvalue weighted by molar-refractivity contribution is 5.12. The van der Waals surface area contributed by atoms with E-state index in [0.29, 0.717) is 6.04 Å². The Morgan fingerprint density at radius 2 is 1.91 bits per heavy atom. The molecule has 2 aliphatic rings. The van der Waals surface area contributed by atoms with E-state index in [-0.39, 0.29) is 5.54 Å². The predicted octanol–water partition coefficient (Wildman–Crippen LogP) is 1.57. The van der Waals surface area contributed by atoms with Crippen LogP contribution in [0.25, 0.3) is 0 Å². The van der Waals surface area contributed by atoms with E-state index >= 15 is 0 Å². The molecule has 0 aromatic rings. The zero-order valence-corrected chi connectivity index (χ0v) is 6.77. The van der Waals surface area contributed by atoms with Crippen molar-refractivity contribution in [3.8, 4) is 6.07 Å². The second-order valence-electron chi connectivity index (χ2n) is 3.82. The standard InChI is InChI=1S/C9H14N2/c10-7-9(5-1-2-6-9)11-8-3-4-8/h8,11H,1-6H2. The van der Waals surface area contributed by atoms with E-state index in [4.69, 9.17) is 5.26 Å². The van der Waals surface area contributed by atoms with Crippen LogP contribution in [0.4, 0.5) is 0 Å². The first kappa shape index (κ1) is 7.12. The van der Waals surface area contributed by atoms with Crippen molar-refractivity contribution in [2.75, 3.05) is 0 Å². The molecule has 0 aromatic carbocycles. The molecule has 2 fully saturated rings. The van der Waals surface area contributed by atoms with Gasteiger partial charge in [-0.25, -0.2) is 0 Å². The van der Waals surface area contributed by atoms with Crippen molar-refractivity contribution in [1.82, 2.24) is 5.32 Å². The van der Waals surface area contributed by atoms with E-state index in [2.05, 4.69) is 11.4 Å². The van der Waals surface area contributed by atoms with Gasteiger partial charge in [-0.2, -0.15) is 5.26 Å². The summed E-state index contributed by atoms with van der Waals surface area (Å²) in [4.78, 5) is 0. The molecule has 0 spiro atoms. The van der Waals surface area contributed by atoms with E-state index in [1.54, 1.807) is 0 Å². The maximum absolute atomic E-state index is 8.98. The number of nitriles is 1. The van der Waals surface area contributed by atoms with Crippen LogP contribution in [0.1, 0.15) is 38.5 Å². The molecule has 0 aliphatic heterocycles. The number of hydrogen-bond acceptors (Lipinski definition) is 2. The van der Waals surface area contributed by atoms with Crippen LogP contribution in [0, 0.1) is 11.3 Å². The lowest BCUT2D eigenvalue weighted by atomic mass is 10.00. The first-order valence-corrected chi connectivity index (χ1v) is 4.54. The third kappa shape index (κ3) is 1.39. The van der Waals surface area contributed by atoms with Crippen molar-refractivity contribution in [2.24, 2.45) is 0 Å². The Morgan fingerprint density at radius 3 is 2.36 bits per heavy atom. The van der Waals surface area contributed by atoms with Gasteiger partial charge in [0.2, 0.25) is 0 Å². The largest absolute Gasteiger partial charge is 0.297 e. The molecule has 0 heterocycles. The van der Waals surface area contributed by atoms with Crippen molar-refractivity contribution >= 4 is 0 Å². The summed E-state index contributed by atoms with van der Waals surface area (Å²) < 4.78 is 0. The summed E-state index contributed by atoms with van der Waals surface area (Å²) in [6.45, 7) is 0. The molecule has 2 heteroatoms. The minimum Gasteiger partial charge on any atom is -0.297 e. The zero-order chi connectivity index (χ0) is 7.73. The minimum atomic E-state index is -0.124. The lowest BCUT2D eigenvalue weighted by molar-refractivity contribution is 0.419. The van der Waals surface area contributed by atoms with Crippen LogP contribution in [0.5, 0.6) is 0 Å². The number of nitrogens with one attached hydrogen (secondary N) is 1. The van der Waals surface area contributed by atoms with Crippen LogP contribution >= 0.6 is 0 Å². The van der Waals surface area contributed by atoms with Crippen LogP contribution in [0.15, 0.2) is 0 Å². The van der Waals surface area contributed by atoms with Crippen LogP contribution in [-0.2, 0) is 0 Å². The average Bonchev–Trinajstić information content (AvgIpc) is 2.68. The average molecular weight is 150 g/mol. The Balaban J connectivity index is 1.97. The Labute approximate surface area is 67.6 Å². The summed E-state index contributed by atoms with van der Waals surface area (Å²) in [5.41, 5.74) is -0.124. The molecule has 2 rings (SSSR count). The van der Waals surface area contributed by atoms with Gasteiger partial charge in [0, 0.05) is 6.04 Å². The van der Waals surface area contributed by atoms with Crippen molar-refractivity contribution in [2.45, 2.75) is 50.1 Å². The van der Waals surface area contributed by atoms with Crippen LogP contribution < -0.4 is 5.32 Å². The van der Waals surface area contributed by atoms with Gasteiger partial charge in [-0.15, -0.1) is 0 Å². The normalized spacial score (nSPS) is 28.3. The molecule has 60 valence electrons. The number of nitrogens with zero attached hydrogens (tertiary/aromatic N) is 1. The summed E-state index contributed by atoms with van der Waals surface area (Å²) >= 11 is 0. The lowest BCUT2D eigenvalue weighted by Gasteiger charge is -2.21. The van der Waals surface area contributed by atoms with Crippen molar-refractivity contribution < 1.29 is 0 Å². The highest BCUT2D eigenvalue weighted by Gasteiger charge is 2.38. The van der Waals surface area contributed by atoms with Gasteiger partial charge in [-0.1, -0.05) is 12.8 Å². The quantitative estimate of drug-likeness (QED) is 0.648. The fourth-order valence-electron chi connectivity index (χ4n) is 1.89. The maximum atomic E-state index is 8.98. The molecule has 0 amide bonds. The molecule has 2 saturated carbocycles. The van der Waals surface area contributed by atoms with Gasteiger partial charge in [0.15, 0.2) is 0 Å². The Bertz CT molecular complexity index is 182. The molecular formula is C9H14N2. The minimum absolute atomic E-state index is 0.124. The Kier molecular flexibility index (Phi) is 1.61. The molecule has 0 radical (unpaired) electrons. The molecule has 0 saturated heterocycles. The van der Waals surface area contributed by atoms with E-state index in [1.165, 1.54) is 25.7 Å². The van der Waals surface area contributed by atoms with Crippen molar-refractivity contribution in [3.63, 3.8) is 0 Å². The second kappa shape index (κ2) is 2.49. The topological polar surface area (TPSA) is 35.8 Å². The molecule has 0 unspecified atom stereocenters. The zero-order valence-electron chi connectivity index (χ0n) is 6.77. The molecule has 0 atom stereocenters. The predicted molar refractivity (Wildman–Crippen MR) is 43.0 cm³/mol. The van der Waals surface area contributed by atoms with E-state index < -0.39 is 0 Å². The molecule has 2 nitrogen and oxygen atoms in total. The fraction of sp³-hybridized carbons (Fsp3) is 0.889. The van der Waals surface area contributed by atoms with Crippen LogP contribution in [0.3, 0.4) is 0 Å². The van der Waals surface area contributed by atoms with Gasteiger partial charge in [-0.05, 0) is 25.7 Å². The monoisotopic (exact) mass is 150 g/mol. The Morgan fingerprint density at radius 1 is 1.27 bits per heavy atom. The molecule has 11 heavy (non-hydrogen) atoms. The van der Waals surface area contributed by atoms with Gasteiger partial charge in [0.25, 0.3) is 0 Å². The molecule has 2 aliphatic carbocycles. The summed E-state index contributed by atoms with van der Waals surface area (Å²) in [6, 6.07) is 3.11. The van der Waals surface area contributed by atoms with Crippen molar-refractivity contribution in [3.05, 3.63) is 0 Å². The summed E-state index contributed by atoms with van der Waals surface area (Å²) in [7, 11) is 0. The van der Waals surface area contributed by atoms with Gasteiger partial charge in [0.05, 0.1) is 6.07 Å². The van der Waals surface area contributed by atoms with E-state index in [1.807, 2.05) is 0 Å². The van der Waals surface area contributed by atoms with Crippen LogP contribution in [-0.4, -0.2) is 11.6 Å². The third-order valence-electron chi connectivity index (χ3n) is 2.73. The molecular weight excluding hydrogens is 136 g/mol. The van der Waals surface area contributed by atoms with Gasteiger partial charge in [-0.3, -0.25) is 5.32 Å². The fourth-order valence-corrected chi connectivity index (χ4v) is 1.89. The van der Waals surface area contributed by atoms with E-state index in [9.17, 15) is 0 Å². The van der Waals surface area contributed by atoms with Crippen molar-refractivity contribution in [1.29, 1.82) is 5.26 Å². The first-order valence-electron chi connectivity index (χ1n) is 4.54. The maximum Gasteiger partial charge on any atom is 0.106 e. The molecule has 0 aromatic heterocycles. The second-order valence-corrected chi connectivity index (χ2v) is 3.82. The number of rotatable bonds is 2. The van der Waals surface area contributed by atoms with Crippen LogP contribution in [0.2, 0.25) is 0 Å². The van der Waals surface area contributed by atoms with E-state index in [0.717, 1.165) is 12.8 Å². The van der Waals surface area contributed by atoms with Gasteiger partial charge >= 0.3 is 0 Å². The summed E-state index contributed by atoms with van der Waals surface area (Å²) in [5, 5.41) is 12.4. The summed E-state index contributed by atoms with van der Waals surface area (Å²) in [5.74, 6) is 0. The SMILES string of the molecule is N#CC1(NC2CC2)CCCC1. The highest BCUT2D eigenvalue weighted by atomic mass is 15.0. The molecule has 0 bridgehead atoms. The smallest absolute Gasteiger partial charge is 0.106 e. The summed E-state index contributed by atoms with van der Waals surface area (Å²) in [6.07, 6.45) is 7.16. The highest BCUT2D eigenvalue weighted by Crippen LogP contribution is 2.33. The lowest BCUT2D eigenvalue weighted by Crippen LogP contribution is -2.42. The molecule has 1 N–H and O–H groups in total. The van der Waals surface area contributed by atoms with Gasteiger partial charge < -0.3 is 0 Å². The third-order valence-corrected chi connectivity index (χ3v) is 2.73. The first-order chi connectivity index (χ1) is 5.35. The van der Waals surface area contributed by atoms with Gasteiger partial charge in [0.1, 0.15) is 5.54 Å². The number of hydrogen-bond donors (Lipinski definition) is 1. The Hall–Kier alpha value is -0.550.